The number of benzene rings is 1. The van der Waals surface area contributed by atoms with E-state index in [0.717, 1.165) is 5.56 Å². The second-order valence-electron chi connectivity index (χ2n) is 3.35. The predicted octanol–water partition coefficient (Wildman–Crippen LogP) is 1.94. The van der Waals surface area contributed by atoms with Crippen LogP contribution in [0.4, 0.5) is 4.79 Å². The first-order valence-electron chi connectivity index (χ1n) is 4.61. The number of hydrogen-bond donors (Lipinski definition) is 2. The molecule has 0 radical (unpaired) electrons. The third-order valence-corrected chi connectivity index (χ3v) is 2.95. The lowest BCUT2D eigenvalue weighted by atomic mass is 10.1. The van der Waals surface area contributed by atoms with Crippen LogP contribution in [0.3, 0.4) is 0 Å². The van der Waals surface area contributed by atoms with Gasteiger partial charge in [-0.3, -0.25) is 0 Å². The third kappa shape index (κ3) is 1.92. The summed E-state index contributed by atoms with van der Waals surface area (Å²) in [4.78, 5) is 10.9. The number of hydrogen-bond acceptors (Lipinski definition) is 4. The molecule has 1 aromatic carbocycles. The van der Waals surface area contributed by atoms with E-state index in [4.69, 9.17) is 9.47 Å². The van der Waals surface area contributed by atoms with Crippen LogP contribution in [-0.2, 0) is 4.74 Å². The van der Waals surface area contributed by atoms with Gasteiger partial charge >= 0.3 is 6.09 Å². The van der Waals surface area contributed by atoms with E-state index in [1.165, 1.54) is 7.11 Å². The molecule has 1 aliphatic heterocycles. The summed E-state index contributed by atoms with van der Waals surface area (Å²) in [7, 11) is 1.47. The van der Waals surface area contributed by atoms with Crippen molar-refractivity contribution in [2.75, 3.05) is 13.7 Å². The van der Waals surface area contributed by atoms with E-state index < -0.39 is 6.09 Å². The van der Waals surface area contributed by atoms with E-state index in [1.807, 2.05) is 0 Å². The van der Waals surface area contributed by atoms with Crippen LogP contribution < -0.4 is 10.1 Å². The number of rotatable bonds is 2. The van der Waals surface area contributed by atoms with Crippen LogP contribution in [0.5, 0.6) is 11.5 Å². The average molecular weight is 288 g/mol. The molecule has 0 bridgehead atoms. The zero-order valence-corrected chi connectivity index (χ0v) is 10.1. The van der Waals surface area contributed by atoms with Crippen molar-refractivity contribution in [1.29, 1.82) is 0 Å². The van der Waals surface area contributed by atoms with E-state index in [0.29, 0.717) is 10.2 Å². The Kier molecular flexibility index (Phi) is 2.91. The Morgan fingerprint density at radius 1 is 1.62 bits per heavy atom. The normalized spacial score (nSPS) is 19.1. The van der Waals surface area contributed by atoms with Gasteiger partial charge in [0.1, 0.15) is 6.61 Å². The molecule has 0 unspecified atom stereocenters. The SMILES string of the molecule is COc1cc([C@@H]2COC(=O)N2)cc(Br)c1O. The summed E-state index contributed by atoms with van der Waals surface area (Å²) in [5.74, 6) is 0.391. The summed E-state index contributed by atoms with van der Waals surface area (Å²) >= 11 is 3.22. The average Bonchev–Trinajstić information content (AvgIpc) is 2.69. The van der Waals surface area contributed by atoms with Gasteiger partial charge in [0.15, 0.2) is 11.5 Å². The zero-order chi connectivity index (χ0) is 11.7. The fourth-order valence-electron chi connectivity index (χ4n) is 1.51. The molecule has 0 aliphatic carbocycles. The minimum Gasteiger partial charge on any atom is -0.503 e. The number of ether oxygens (including phenoxy) is 2. The molecule has 2 rings (SSSR count). The molecule has 16 heavy (non-hydrogen) atoms. The maximum absolute atomic E-state index is 10.9. The second kappa shape index (κ2) is 4.21. The fourth-order valence-corrected chi connectivity index (χ4v) is 1.97. The first kappa shape index (κ1) is 11.1. The van der Waals surface area contributed by atoms with Gasteiger partial charge in [-0.15, -0.1) is 0 Å². The summed E-state index contributed by atoms with van der Waals surface area (Å²) in [5, 5.41) is 12.3. The van der Waals surface area contributed by atoms with Crippen molar-refractivity contribution in [2.24, 2.45) is 0 Å². The lowest BCUT2D eigenvalue weighted by Gasteiger charge is -2.12. The summed E-state index contributed by atoms with van der Waals surface area (Å²) < 4.78 is 10.3. The van der Waals surface area contributed by atoms with Crippen molar-refractivity contribution in [2.45, 2.75) is 6.04 Å². The van der Waals surface area contributed by atoms with Gasteiger partial charge in [0, 0.05) is 0 Å². The topological polar surface area (TPSA) is 67.8 Å². The van der Waals surface area contributed by atoms with Crippen LogP contribution in [0.1, 0.15) is 11.6 Å². The highest BCUT2D eigenvalue weighted by atomic mass is 79.9. The molecule has 1 fully saturated rings. The monoisotopic (exact) mass is 287 g/mol. The molecule has 86 valence electrons. The van der Waals surface area contributed by atoms with E-state index in [9.17, 15) is 9.90 Å². The van der Waals surface area contributed by atoms with E-state index in [1.54, 1.807) is 12.1 Å². The number of carbonyl (C=O) groups is 1. The van der Waals surface area contributed by atoms with Gasteiger partial charge in [-0.2, -0.15) is 0 Å². The van der Waals surface area contributed by atoms with Crippen molar-refractivity contribution in [1.82, 2.24) is 5.32 Å². The second-order valence-corrected chi connectivity index (χ2v) is 4.20. The van der Waals surface area contributed by atoms with Crippen molar-refractivity contribution in [3.05, 3.63) is 22.2 Å². The Morgan fingerprint density at radius 2 is 2.38 bits per heavy atom. The van der Waals surface area contributed by atoms with Crippen molar-refractivity contribution in [3.8, 4) is 11.5 Å². The van der Waals surface area contributed by atoms with Gasteiger partial charge in [-0.05, 0) is 33.6 Å². The number of cyclic esters (lactones) is 1. The van der Waals surface area contributed by atoms with E-state index >= 15 is 0 Å². The van der Waals surface area contributed by atoms with E-state index in [2.05, 4.69) is 21.2 Å². The number of phenolic OH excluding ortho intramolecular Hbond substituents is 1. The molecule has 0 saturated carbocycles. The molecule has 1 atom stereocenters. The zero-order valence-electron chi connectivity index (χ0n) is 8.49. The number of amides is 1. The summed E-state index contributed by atoms with van der Waals surface area (Å²) in [6.07, 6.45) is -0.437. The standard InChI is InChI=1S/C10H10BrNO4/c1-15-8-3-5(2-6(11)9(8)13)7-4-16-10(14)12-7/h2-3,7,13H,4H2,1H3,(H,12,14)/t7-/m0/s1. The van der Waals surface area contributed by atoms with Crippen molar-refractivity contribution in [3.63, 3.8) is 0 Å². The van der Waals surface area contributed by atoms with Crippen LogP contribution in [0.2, 0.25) is 0 Å². The number of aromatic hydroxyl groups is 1. The number of halogens is 1. The molecule has 2 N–H and O–H groups in total. The van der Waals surface area contributed by atoms with E-state index in [-0.39, 0.29) is 18.4 Å². The quantitative estimate of drug-likeness (QED) is 0.872. The smallest absolute Gasteiger partial charge is 0.407 e. The minimum atomic E-state index is -0.437. The summed E-state index contributed by atoms with van der Waals surface area (Å²) in [5.41, 5.74) is 0.812. The fraction of sp³-hybridized carbons (Fsp3) is 0.300. The van der Waals surface area contributed by atoms with Crippen molar-refractivity contribution >= 4 is 22.0 Å². The molecule has 0 aromatic heterocycles. The molecule has 1 saturated heterocycles. The molecule has 5 nitrogen and oxygen atoms in total. The molecule has 1 amide bonds. The van der Waals surface area contributed by atoms with Crippen LogP contribution in [-0.4, -0.2) is 24.9 Å². The molecule has 0 spiro atoms. The summed E-state index contributed by atoms with van der Waals surface area (Å²) in [6.45, 7) is 0.277. The van der Waals surface area contributed by atoms with Gasteiger partial charge in [0.25, 0.3) is 0 Å². The van der Waals surface area contributed by atoms with Gasteiger partial charge in [0.05, 0.1) is 17.6 Å². The highest BCUT2D eigenvalue weighted by molar-refractivity contribution is 9.10. The van der Waals surface area contributed by atoms with Crippen LogP contribution in [0.15, 0.2) is 16.6 Å². The van der Waals surface area contributed by atoms with Gasteiger partial charge in [-0.1, -0.05) is 0 Å². The Bertz CT molecular complexity index is 435. The van der Waals surface area contributed by atoms with Gasteiger partial charge < -0.3 is 19.9 Å². The number of nitrogens with one attached hydrogen (secondary N) is 1. The molecule has 6 heteroatoms. The molecule has 1 heterocycles. The Morgan fingerprint density at radius 3 is 2.94 bits per heavy atom. The highest BCUT2D eigenvalue weighted by Crippen LogP contribution is 2.37. The van der Waals surface area contributed by atoms with Crippen LogP contribution >= 0.6 is 15.9 Å². The maximum Gasteiger partial charge on any atom is 0.407 e. The summed E-state index contributed by atoms with van der Waals surface area (Å²) in [6, 6.07) is 3.18. The lowest BCUT2D eigenvalue weighted by Crippen LogP contribution is -2.18. The Labute approximate surface area is 100 Å². The number of carbonyl (C=O) groups excluding carboxylic acids is 1. The van der Waals surface area contributed by atoms with Crippen molar-refractivity contribution < 1.29 is 19.4 Å². The van der Waals surface area contributed by atoms with Crippen LogP contribution in [0.25, 0.3) is 0 Å². The molecule has 1 aliphatic rings. The lowest BCUT2D eigenvalue weighted by molar-refractivity contribution is 0.177. The Balaban J connectivity index is 2.35. The minimum absolute atomic E-state index is 0.0384. The van der Waals surface area contributed by atoms with Gasteiger partial charge in [-0.25, -0.2) is 4.79 Å². The molecular formula is C10H10BrNO4. The number of methoxy groups -OCH3 is 1. The molecule has 1 aromatic rings. The number of alkyl carbamates (subject to hydrolysis) is 1. The first-order chi connectivity index (χ1) is 7.61. The largest absolute Gasteiger partial charge is 0.503 e. The predicted molar refractivity (Wildman–Crippen MR) is 59.6 cm³/mol. The maximum atomic E-state index is 10.9. The molecular weight excluding hydrogens is 278 g/mol. The Hall–Kier alpha value is -1.43. The van der Waals surface area contributed by atoms with Gasteiger partial charge in [0.2, 0.25) is 0 Å². The highest BCUT2D eigenvalue weighted by Gasteiger charge is 2.25. The third-order valence-electron chi connectivity index (χ3n) is 2.35. The number of phenols is 1. The van der Waals surface area contributed by atoms with Crippen LogP contribution in [0, 0.1) is 0 Å². The first-order valence-corrected chi connectivity index (χ1v) is 5.41.